The minimum absolute atomic E-state index is 0.0881. The van der Waals surface area contributed by atoms with E-state index in [1.54, 1.807) is 0 Å². The van der Waals surface area contributed by atoms with Crippen LogP contribution >= 0.6 is 0 Å². The van der Waals surface area contributed by atoms with E-state index in [-0.39, 0.29) is 35.2 Å². The maximum atomic E-state index is 12.5. The number of hydrogen-bond donors (Lipinski definition) is 2. The van der Waals surface area contributed by atoms with Crippen LogP contribution in [0, 0.1) is 22.7 Å². The topological polar surface area (TPSA) is 78.5 Å². The number of fused-ring (bicyclic) bond motifs is 2. The van der Waals surface area contributed by atoms with Crippen LogP contribution in [0.4, 0.5) is 4.79 Å². The number of carbonyl (C=O) groups excluding carboxylic acids is 3. The molecule has 2 saturated carbocycles. The van der Waals surface area contributed by atoms with Gasteiger partial charge in [0.2, 0.25) is 5.91 Å². The second kappa shape index (κ2) is 5.99. The lowest BCUT2D eigenvalue weighted by Crippen LogP contribution is -2.50. The second-order valence-electron chi connectivity index (χ2n) is 9.29. The molecule has 140 valence electrons. The first-order chi connectivity index (χ1) is 11.6. The number of nitrogens with one attached hydrogen (secondary N) is 2. The van der Waals surface area contributed by atoms with Gasteiger partial charge in [0, 0.05) is 6.04 Å². The Morgan fingerprint density at radius 2 is 2.00 bits per heavy atom. The van der Waals surface area contributed by atoms with Crippen LogP contribution in [0.25, 0.3) is 0 Å². The van der Waals surface area contributed by atoms with E-state index in [9.17, 15) is 14.4 Å². The van der Waals surface area contributed by atoms with Crippen molar-refractivity contribution in [2.75, 3.05) is 6.54 Å². The molecule has 3 aliphatic rings. The molecular weight excluding hydrogens is 318 g/mol. The molecule has 0 aromatic carbocycles. The van der Waals surface area contributed by atoms with Gasteiger partial charge in [0.15, 0.2) is 0 Å². The first kappa shape index (κ1) is 18.2. The molecule has 1 aliphatic heterocycles. The predicted molar refractivity (Wildman–Crippen MR) is 94.6 cm³/mol. The summed E-state index contributed by atoms with van der Waals surface area (Å²) in [5.41, 5.74) is 0.304. The van der Waals surface area contributed by atoms with Crippen molar-refractivity contribution in [2.24, 2.45) is 22.7 Å². The van der Waals surface area contributed by atoms with E-state index in [1.165, 1.54) is 6.42 Å². The zero-order chi connectivity index (χ0) is 18.6. The summed E-state index contributed by atoms with van der Waals surface area (Å²) in [6, 6.07) is -0.828. The standard InChI is InChI=1S/C19H31N3O3/c1-11(2)8-13-16(24)22(17(25)20-13)10-15(23)21-14-9-12-6-7-19(14,5)18(12,3)4/h11-14H,6-10H2,1-5H3,(H,20,25)(H,21,23)/t12-,13-,14-,19-/m1/s1. The van der Waals surface area contributed by atoms with Gasteiger partial charge in [0.05, 0.1) is 0 Å². The summed E-state index contributed by atoms with van der Waals surface area (Å²) in [4.78, 5) is 38.0. The number of hydrogen-bond acceptors (Lipinski definition) is 3. The molecule has 1 saturated heterocycles. The lowest BCUT2D eigenvalue weighted by Gasteiger charge is -2.39. The molecule has 4 atom stereocenters. The van der Waals surface area contributed by atoms with Crippen LogP contribution in [0.1, 0.15) is 60.3 Å². The SMILES string of the molecule is CC(C)C[C@H]1NC(=O)N(CC(=O)N[C@@H]2C[C@H]3CC[C@@]2(C)C3(C)C)C1=O. The van der Waals surface area contributed by atoms with Crippen molar-refractivity contribution in [1.82, 2.24) is 15.5 Å². The van der Waals surface area contributed by atoms with Crippen molar-refractivity contribution >= 4 is 17.8 Å². The third kappa shape index (κ3) is 2.83. The van der Waals surface area contributed by atoms with Crippen LogP contribution in [-0.2, 0) is 9.59 Å². The lowest BCUT2D eigenvalue weighted by atomic mass is 9.69. The molecule has 0 spiro atoms. The summed E-state index contributed by atoms with van der Waals surface area (Å²) < 4.78 is 0. The van der Waals surface area contributed by atoms with E-state index in [4.69, 9.17) is 0 Å². The van der Waals surface area contributed by atoms with Gasteiger partial charge < -0.3 is 10.6 Å². The molecule has 3 fully saturated rings. The van der Waals surface area contributed by atoms with Gasteiger partial charge in [0.25, 0.3) is 5.91 Å². The Morgan fingerprint density at radius 3 is 2.52 bits per heavy atom. The van der Waals surface area contributed by atoms with Gasteiger partial charge >= 0.3 is 6.03 Å². The van der Waals surface area contributed by atoms with Crippen LogP contribution < -0.4 is 10.6 Å². The smallest absolute Gasteiger partial charge is 0.325 e. The minimum atomic E-state index is -0.501. The molecule has 2 aliphatic carbocycles. The number of nitrogens with zero attached hydrogens (tertiary/aromatic N) is 1. The number of rotatable bonds is 5. The molecule has 0 unspecified atom stereocenters. The highest BCUT2D eigenvalue weighted by Crippen LogP contribution is 2.65. The van der Waals surface area contributed by atoms with Crippen molar-refractivity contribution in [1.29, 1.82) is 0 Å². The van der Waals surface area contributed by atoms with E-state index in [0.29, 0.717) is 18.3 Å². The fourth-order valence-electron chi connectivity index (χ4n) is 5.16. The monoisotopic (exact) mass is 349 g/mol. The largest absolute Gasteiger partial charge is 0.351 e. The van der Waals surface area contributed by atoms with Gasteiger partial charge in [-0.2, -0.15) is 0 Å². The zero-order valence-electron chi connectivity index (χ0n) is 16.0. The molecule has 0 aromatic rings. The van der Waals surface area contributed by atoms with Gasteiger partial charge in [-0.05, 0) is 48.3 Å². The van der Waals surface area contributed by atoms with Crippen molar-refractivity contribution in [3.63, 3.8) is 0 Å². The average Bonchev–Trinajstić information content (AvgIpc) is 2.95. The molecule has 0 aromatic heterocycles. The molecule has 4 amide bonds. The van der Waals surface area contributed by atoms with E-state index in [2.05, 4.69) is 31.4 Å². The number of urea groups is 1. The minimum Gasteiger partial charge on any atom is -0.351 e. The molecule has 6 nitrogen and oxygen atoms in total. The first-order valence-electron chi connectivity index (χ1n) is 9.47. The zero-order valence-corrected chi connectivity index (χ0v) is 16.0. The fourth-order valence-corrected chi connectivity index (χ4v) is 5.16. The molecule has 0 radical (unpaired) electrons. The molecule has 3 rings (SSSR count). The Balaban J connectivity index is 1.60. The summed E-state index contributed by atoms with van der Waals surface area (Å²) in [5.74, 6) is 0.422. The highest BCUT2D eigenvalue weighted by molar-refractivity contribution is 6.06. The third-order valence-electron chi connectivity index (χ3n) is 7.25. The lowest BCUT2D eigenvalue weighted by molar-refractivity contribution is -0.133. The summed E-state index contributed by atoms with van der Waals surface area (Å²) in [5, 5.41) is 5.81. The molecule has 2 N–H and O–H groups in total. The predicted octanol–water partition coefficient (Wildman–Crippen LogP) is 2.28. The Bertz CT molecular complexity index is 601. The Labute approximate surface area is 150 Å². The Morgan fingerprint density at radius 1 is 1.32 bits per heavy atom. The van der Waals surface area contributed by atoms with E-state index in [1.807, 2.05) is 13.8 Å². The molecule has 1 heterocycles. The quantitative estimate of drug-likeness (QED) is 0.748. The molecule has 2 bridgehead atoms. The molecular formula is C19H31N3O3. The van der Waals surface area contributed by atoms with Gasteiger partial charge in [0.1, 0.15) is 12.6 Å². The number of imide groups is 1. The van der Waals surface area contributed by atoms with Crippen molar-refractivity contribution in [3.05, 3.63) is 0 Å². The van der Waals surface area contributed by atoms with Crippen LogP contribution in [-0.4, -0.2) is 41.4 Å². The molecule has 6 heteroatoms. The highest BCUT2D eigenvalue weighted by atomic mass is 16.2. The Kier molecular flexibility index (Phi) is 4.36. The van der Waals surface area contributed by atoms with Gasteiger partial charge in [-0.25, -0.2) is 4.79 Å². The fraction of sp³-hybridized carbons (Fsp3) is 0.842. The van der Waals surface area contributed by atoms with Crippen molar-refractivity contribution in [3.8, 4) is 0 Å². The summed E-state index contributed by atoms with van der Waals surface area (Å²) in [7, 11) is 0. The normalized spacial score (nSPS) is 36.2. The average molecular weight is 349 g/mol. The van der Waals surface area contributed by atoms with E-state index in [0.717, 1.165) is 17.7 Å². The van der Waals surface area contributed by atoms with Crippen LogP contribution in [0.5, 0.6) is 0 Å². The summed E-state index contributed by atoms with van der Waals surface area (Å²) in [6.07, 6.45) is 3.93. The van der Waals surface area contributed by atoms with Crippen LogP contribution in [0.3, 0.4) is 0 Å². The number of amides is 4. The third-order valence-corrected chi connectivity index (χ3v) is 7.25. The van der Waals surface area contributed by atoms with Crippen molar-refractivity contribution in [2.45, 2.75) is 72.4 Å². The summed E-state index contributed by atoms with van der Waals surface area (Å²) >= 11 is 0. The second-order valence-corrected chi connectivity index (χ2v) is 9.29. The molecule has 25 heavy (non-hydrogen) atoms. The highest BCUT2D eigenvalue weighted by Gasteiger charge is 2.61. The maximum absolute atomic E-state index is 12.5. The number of carbonyl (C=O) groups is 3. The van der Waals surface area contributed by atoms with Crippen molar-refractivity contribution < 1.29 is 14.4 Å². The van der Waals surface area contributed by atoms with Gasteiger partial charge in [-0.15, -0.1) is 0 Å². The van der Waals surface area contributed by atoms with E-state index >= 15 is 0 Å². The van der Waals surface area contributed by atoms with Crippen LogP contribution in [0.15, 0.2) is 0 Å². The van der Waals surface area contributed by atoms with Gasteiger partial charge in [-0.1, -0.05) is 34.6 Å². The van der Waals surface area contributed by atoms with Crippen LogP contribution in [0.2, 0.25) is 0 Å². The Hall–Kier alpha value is -1.59. The summed E-state index contributed by atoms with van der Waals surface area (Å²) in [6.45, 7) is 10.7. The van der Waals surface area contributed by atoms with Gasteiger partial charge in [-0.3, -0.25) is 14.5 Å². The first-order valence-corrected chi connectivity index (χ1v) is 9.47. The maximum Gasteiger partial charge on any atom is 0.325 e. The van der Waals surface area contributed by atoms with E-state index < -0.39 is 12.1 Å².